The van der Waals surface area contributed by atoms with Gasteiger partial charge in [-0.25, -0.2) is 4.39 Å². The molecule has 0 bridgehead atoms. The molecule has 1 N–H and O–H groups in total. The lowest BCUT2D eigenvalue weighted by atomic mass is 10.2. The first-order chi connectivity index (χ1) is 13.4. The first-order valence-corrected chi connectivity index (χ1v) is 9.70. The molecule has 6 nitrogen and oxygen atoms in total. The molecule has 0 aliphatic heterocycles. The number of hydrogen-bond donors (Lipinski definition) is 1. The van der Waals surface area contributed by atoms with Crippen LogP contribution in [0.2, 0.25) is 5.02 Å². The number of hydrogen-bond acceptors (Lipinski definition) is 5. The molecule has 0 spiro atoms. The van der Waals surface area contributed by atoms with Crippen molar-refractivity contribution < 1.29 is 23.5 Å². The number of nitrogens with one attached hydrogen (secondary N) is 1. The lowest BCUT2D eigenvalue weighted by Gasteiger charge is -2.21. The summed E-state index contributed by atoms with van der Waals surface area (Å²) >= 11 is 7.11. The van der Waals surface area contributed by atoms with Crippen molar-refractivity contribution in [3.63, 3.8) is 0 Å². The number of thiophene rings is 1. The first-order valence-electron chi connectivity index (χ1n) is 8.51. The molecule has 2 aromatic rings. The summed E-state index contributed by atoms with van der Waals surface area (Å²) in [5.41, 5.74) is 0.902. The van der Waals surface area contributed by atoms with Crippen LogP contribution in [0.5, 0.6) is 0 Å². The highest BCUT2D eigenvalue weighted by Gasteiger charge is 2.21. The number of methoxy groups -OCH3 is 2. The maximum absolute atomic E-state index is 13.2. The highest BCUT2D eigenvalue weighted by atomic mass is 35.5. The number of rotatable bonds is 9. The molecule has 0 saturated heterocycles. The average molecular weight is 429 g/mol. The number of nitrogens with zero attached hydrogens (tertiary/aromatic N) is 1. The molecule has 0 saturated carbocycles. The summed E-state index contributed by atoms with van der Waals surface area (Å²) in [6.45, 7) is 3.49. The monoisotopic (exact) mass is 428 g/mol. The number of anilines is 1. The van der Waals surface area contributed by atoms with Crippen LogP contribution in [0.4, 0.5) is 9.39 Å². The van der Waals surface area contributed by atoms with Gasteiger partial charge in [0.1, 0.15) is 5.82 Å². The molecule has 1 aromatic carbocycles. The Balaban J connectivity index is 2.16. The predicted molar refractivity (Wildman–Crippen MR) is 108 cm³/mol. The third kappa shape index (κ3) is 5.75. The quantitative estimate of drug-likeness (QED) is 0.659. The van der Waals surface area contributed by atoms with E-state index >= 15 is 0 Å². The van der Waals surface area contributed by atoms with Crippen molar-refractivity contribution in [1.29, 1.82) is 0 Å². The van der Waals surface area contributed by atoms with Crippen molar-refractivity contribution >= 4 is 39.8 Å². The molecular weight excluding hydrogens is 407 g/mol. The first kappa shape index (κ1) is 22.3. The molecular formula is C19H22ClFN2O4S. The van der Waals surface area contributed by atoms with Crippen LogP contribution in [0.1, 0.15) is 25.6 Å². The van der Waals surface area contributed by atoms with Crippen molar-refractivity contribution in [2.24, 2.45) is 0 Å². The van der Waals surface area contributed by atoms with Gasteiger partial charge in [0.25, 0.3) is 11.8 Å². The second kappa shape index (κ2) is 10.5. The van der Waals surface area contributed by atoms with Crippen molar-refractivity contribution in [3.8, 4) is 0 Å². The van der Waals surface area contributed by atoms with Crippen LogP contribution in [-0.2, 0) is 9.47 Å². The third-order valence-electron chi connectivity index (χ3n) is 3.94. The molecule has 28 heavy (non-hydrogen) atoms. The smallest absolute Gasteiger partial charge is 0.264 e. The molecule has 0 aliphatic rings. The van der Waals surface area contributed by atoms with Gasteiger partial charge in [0.15, 0.2) is 0 Å². The van der Waals surface area contributed by atoms with E-state index < -0.39 is 11.7 Å². The van der Waals surface area contributed by atoms with Crippen LogP contribution in [-0.4, -0.2) is 57.2 Å². The van der Waals surface area contributed by atoms with Gasteiger partial charge in [0, 0.05) is 27.3 Å². The van der Waals surface area contributed by atoms with E-state index in [4.69, 9.17) is 21.1 Å². The number of carbonyl (C=O) groups excluding carboxylic acids is 2. The molecule has 2 rings (SSSR count). The SMILES string of the molecule is COCCN(CCOC)C(=O)c1sc(NC(=O)c2ccc(F)cc2Cl)cc1C. The van der Waals surface area contributed by atoms with Crippen molar-refractivity contribution in [2.75, 3.05) is 45.8 Å². The minimum atomic E-state index is -0.520. The van der Waals surface area contributed by atoms with Crippen LogP contribution in [0.3, 0.4) is 0 Å². The Morgan fingerprint density at radius 2 is 1.82 bits per heavy atom. The van der Waals surface area contributed by atoms with Gasteiger partial charge in [0.05, 0.1) is 33.7 Å². The van der Waals surface area contributed by atoms with Gasteiger partial charge >= 0.3 is 0 Å². The van der Waals surface area contributed by atoms with Gasteiger partial charge in [-0.2, -0.15) is 0 Å². The lowest BCUT2D eigenvalue weighted by molar-refractivity contribution is 0.0631. The summed E-state index contributed by atoms with van der Waals surface area (Å²) in [5, 5.41) is 3.24. The highest BCUT2D eigenvalue weighted by Crippen LogP contribution is 2.29. The molecule has 0 atom stereocenters. The summed E-state index contributed by atoms with van der Waals surface area (Å²) in [7, 11) is 3.15. The zero-order valence-electron chi connectivity index (χ0n) is 15.9. The van der Waals surface area contributed by atoms with Crippen molar-refractivity contribution in [1.82, 2.24) is 4.90 Å². The number of ether oxygens (including phenoxy) is 2. The van der Waals surface area contributed by atoms with E-state index in [-0.39, 0.29) is 16.5 Å². The van der Waals surface area contributed by atoms with Gasteiger partial charge in [0.2, 0.25) is 0 Å². The summed E-state index contributed by atoms with van der Waals surface area (Å²) in [4.78, 5) is 27.5. The molecule has 1 aromatic heterocycles. The van der Waals surface area contributed by atoms with E-state index in [1.807, 2.05) is 0 Å². The zero-order chi connectivity index (χ0) is 20.7. The van der Waals surface area contributed by atoms with Crippen LogP contribution >= 0.6 is 22.9 Å². The summed E-state index contributed by atoms with van der Waals surface area (Å²) in [6.07, 6.45) is 0. The van der Waals surface area contributed by atoms with Gasteiger partial charge in [-0.1, -0.05) is 11.6 Å². The maximum Gasteiger partial charge on any atom is 0.264 e. The number of aryl methyl sites for hydroxylation is 1. The number of carbonyl (C=O) groups is 2. The Bertz CT molecular complexity index is 835. The number of amides is 2. The topological polar surface area (TPSA) is 67.9 Å². The summed E-state index contributed by atoms with van der Waals surface area (Å²) in [6, 6.07) is 5.28. The lowest BCUT2D eigenvalue weighted by Crippen LogP contribution is -2.36. The normalized spacial score (nSPS) is 10.8. The highest BCUT2D eigenvalue weighted by molar-refractivity contribution is 7.18. The third-order valence-corrected chi connectivity index (χ3v) is 5.40. The van der Waals surface area contributed by atoms with Crippen molar-refractivity contribution in [3.05, 3.63) is 51.1 Å². The van der Waals surface area contributed by atoms with E-state index in [2.05, 4.69) is 5.32 Å². The van der Waals surface area contributed by atoms with Crippen molar-refractivity contribution in [2.45, 2.75) is 6.92 Å². The van der Waals surface area contributed by atoms with E-state index in [1.54, 1.807) is 32.1 Å². The molecule has 0 unspecified atom stereocenters. The standard InChI is InChI=1S/C19H22ClFN2O4S/c1-12-10-16(22-18(24)14-5-4-13(21)11-15(14)20)28-17(12)19(25)23(6-8-26-2)7-9-27-3/h4-5,10-11H,6-9H2,1-3H3,(H,22,24). The van der Waals surface area contributed by atoms with E-state index in [9.17, 15) is 14.0 Å². The second-order valence-electron chi connectivity index (χ2n) is 5.98. The molecule has 9 heteroatoms. The fraction of sp³-hybridized carbons (Fsp3) is 0.368. The molecule has 0 radical (unpaired) electrons. The molecule has 0 fully saturated rings. The second-order valence-corrected chi connectivity index (χ2v) is 7.44. The Labute approximate surface area is 172 Å². The minimum Gasteiger partial charge on any atom is -0.383 e. The Hall–Kier alpha value is -2.00. The van der Waals surface area contributed by atoms with E-state index in [0.29, 0.717) is 36.2 Å². The summed E-state index contributed by atoms with van der Waals surface area (Å²) < 4.78 is 23.3. The zero-order valence-corrected chi connectivity index (χ0v) is 17.5. The van der Waals surface area contributed by atoms with Crippen LogP contribution in [0.15, 0.2) is 24.3 Å². The fourth-order valence-corrected chi connectivity index (χ4v) is 3.76. The largest absolute Gasteiger partial charge is 0.383 e. The number of benzene rings is 1. The summed E-state index contributed by atoms with van der Waals surface area (Å²) in [5.74, 6) is -1.15. The van der Waals surface area contributed by atoms with Gasteiger partial charge in [-0.3, -0.25) is 9.59 Å². The van der Waals surface area contributed by atoms with Gasteiger partial charge in [-0.05, 0) is 36.8 Å². The molecule has 1 heterocycles. The Kier molecular flexibility index (Phi) is 8.37. The molecule has 152 valence electrons. The van der Waals surface area contributed by atoms with E-state index in [0.717, 1.165) is 11.6 Å². The van der Waals surface area contributed by atoms with Crippen LogP contribution in [0.25, 0.3) is 0 Å². The Morgan fingerprint density at radius 3 is 2.39 bits per heavy atom. The Morgan fingerprint density at radius 1 is 1.18 bits per heavy atom. The number of halogens is 2. The fourth-order valence-electron chi connectivity index (χ4n) is 2.47. The van der Waals surface area contributed by atoms with Gasteiger partial charge < -0.3 is 19.7 Å². The minimum absolute atomic E-state index is 0.0207. The average Bonchev–Trinajstić information content (AvgIpc) is 3.01. The molecule has 2 amide bonds. The van der Waals surface area contributed by atoms with Crippen LogP contribution in [0, 0.1) is 12.7 Å². The van der Waals surface area contributed by atoms with Crippen LogP contribution < -0.4 is 5.32 Å². The van der Waals surface area contributed by atoms with Gasteiger partial charge in [-0.15, -0.1) is 11.3 Å². The van der Waals surface area contributed by atoms with E-state index in [1.165, 1.54) is 23.5 Å². The molecule has 0 aliphatic carbocycles. The predicted octanol–water partition coefficient (Wildman–Crippen LogP) is 3.84. The maximum atomic E-state index is 13.2.